The monoisotopic (exact) mass is 282 g/mol. The van der Waals surface area contributed by atoms with Crippen LogP contribution in [0, 0.1) is 0 Å². The van der Waals surface area contributed by atoms with Gasteiger partial charge in [-0.15, -0.1) is 0 Å². The van der Waals surface area contributed by atoms with E-state index in [-0.39, 0.29) is 81.4 Å². The third-order valence-electron chi connectivity index (χ3n) is 0.125. The summed E-state index contributed by atoms with van der Waals surface area (Å²) in [6, 6.07) is 0. The quantitative estimate of drug-likeness (QED) is 0.646. The van der Waals surface area contributed by atoms with Crippen LogP contribution in [0.25, 0.3) is 11.5 Å². The second-order valence-corrected chi connectivity index (χ2v) is 0.500. The topological polar surface area (TPSA) is 47.6 Å². The summed E-state index contributed by atoms with van der Waals surface area (Å²) < 4.78 is 0. The Bertz CT molecular complexity index is 14.0. The fourth-order valence-corrected chi connectivity index (χ4v) is 0. The van der Waals surface area contributed by atoms with Crippen molar-refractivity contribution in [1.82, 2.24) is 0 Å². The Hall–Kier alpha value is 2.00. The van der Waals surface area contributed by atoms with E-state index in [1.807, 2.05) is 0 Å². The van der Waals surface area contributed by atoms with E-state index < -0.39 is 0 Å². The molecule has 0 radical (unpaired) electrons. The van der Waals surface area contributed by atoms with E-state index in [2.05, 4.69) is 0 Å². The van der Waals surface area contributed by atoms with Gasteiger partial charge in [0.25, 0.3) is 0 Å². The van der Waals surface area contributed by atoms with E-state index in [4.69, 9.17) is 11.5 Å². The maximum Gasteiger partial charge on any atom is 0 e. The number of hydrogen-bond acceptors (Lipinski definition) is 0. The Morgan fingerprint density at radius 3 is 0.750 bits per heavy atom. The number of nitrogens with one attached hydrogen (secondary N) is 2. The standard InChI is InChI=1S/C2H6N2.4Fe/c3-1-2-4;;;;/h3-4H,1-2H2;;;;/q-2;;;;. The van der Waals surface area contributed by atoms with Crippen LogP contribution in [0.3, 0.4) is 0 Å². The van der Waals surface area contributed by atoms with Crippen LogP contribution in [0.1, 0.15) is 0 Å². The molecule has 0 rings (SSSR count). The second kappa shape index (κ2) is 36.0. The minimum atomic E-state index is 0. The molecule has 0 saturated carbocycles. The number of rotatable bonds is 1. The van der Waals surface area contributed by atoms with Gasteiger partial charge in [-0.25, -0.2) is 0 Å². The maximum absolute atomic E-state index is 6.26. The molecule has 0 bridgehead atoms. The van der Waals surface area contributed by atoms with Crippen molar-refractivity contribution < 1.29 is 68.3 Å². The third kappa shape index (κ3) is 43.6. The first kappa shape index (κ1) is 32.4. The molecule has 0 unspecified atom stereocenters. The molecule has 58 valence electrons. The van der Waals surface area contributed by atoms with Gasteiger partial charge in [0.1, 0.15) is 0 Å². The zero-order valence-electron chi connectivity index (χ0n) is 3.83. The van der Waals surface area contributed by atoms with E-state index >= 15 is 0 Å². The Morgan fingerprint density at radius 1 is 0.625 bits per heavy atom. The van der Waals surface area contributed by atoms with Gasteiger partial charge in [0, 0.05) is 68.3 Å². The molecule has 0 spiro atoms. The van der Waals surface area contributed by atoms with Crippen molar-refractivity contribution >= 4 is 0 Å². The van der Waals surface area contributed by atoms with Crippen LogP contribution in [0.5, 0.6) is 0 Å². The van der Waals surface area contributed by atoms with E-state index in [1.54, 1.807) is 0 Å². The molecule has 0 aliphatic carbocycles. The van der Waals surface area contributed by atoms with Gasteiger partial charge in [0.05, 0.1) is 0 Å². The van der Waals surface area contributed by atoms with Crippen LogP contribution in [0.15, 0.2) is 0 Å². The Morgan fingerprint density at radius 2 is 0.750 bits per heavy atom. The van der Waals surface area contributed by atoms with Gasteiger partial charge in [-0.3, -0.25) is 0 Å². The summed E-state index contributed by atoms with van der Waals surface area (Å²) in [5, 5.41) is 0. The SMILES string of the molecule is [Fe].[Fe].[Fe].[Fe].[NH-]CC[NH-]. The Labute approximate surface area is 92.2 Å². The molecular formula is C2H6Fe4N2-2. The van der Waals surface area contributed by atoms with Crippen LogP contribution in [-0.4, -0.2) is 13.1 Å². The van der Waals surface area contributed by atoms with E-state index in [0.29, 0.717) is 0 Å². The van der Waals surface area contributed by atoms with E-state index in [9.17, 15) is 0 Å². The summed E-state index contributed by atoms with van der Waals surface area (Å²) >= 11 is 0. The molecule has 0 amide bonds. The van der Waals surface area contributed by atoms with Crippen LogP contribution in [0.4, 0.5) is 0 Å². The molecule has 2 N–H and O–H groups in total. The summed E-state index contributed by atoms with van der Waals surface area (Å²) in [7, 11) is 0. The Kier molecular flexibility index (Phi) is 146. The molecule has 0 aromatic heterocycles. The summed E-state index contributed by atoms with van der Waals surface area (Å²) in [4.78, 5) is 0. The first-order chi connectivity index (χ1) is 1.91. The van der Waals surface area contributed by atoms with Crippen molar-refractivity contribution in [1.29, 1.82) is 0 Å². The van der Waals surface area contributed by atoms with Crippen molar-refractivity contribution in [2.45, 2.75) is 0 Å². The summed E-state index contributed by atoms with van der Waals surface area (Å²) in [6.45, 7) is 0.472. The number of hydrogen-bond donors (Lipinski definition) is 0. The fourth-order valence-electron chi connectivity index (χ4n) is 0. The van der Waals surface area contributed by atoms with Crippen molar-refractivity contribution in [3.05, 3.63) is 11.5 Å². The largest absolute Gasteiger partial charge is 0.679 e. The molecule has 0 heterocycles. The average molecular weight is 281 g/mol. The van der Waals surface area contributed by atoms with Crippen molar-refractivity contribution in [2.24, 2.45) is 0 Å². The maximum atomic E-state index is 6.26. The minimum absolute atomic E-state index is 0. The molecule has 0 aromatic carbocycles. The van der Waals surface area contributed by atoms with Crippen molar-refractivity contribution in [2.75, 3.05) is 13.1 Å². The molecule has 0 atom stereocenters. The third-order valence-corrected chi connectivity index (χ3v) is 0.125. The van der Waals surface area contributed by atoms with Crippen LogP contribution < -0.4 is 0 Å². The molecule has 0 fully saturated rings. The normalized spacial score (nSPS) is 3.75. The van der Waals surface area contributed by atoms with Gasteiger partial charge >= 0.3 is 0 Å². The van der Waals surface area contributed by atoms with Gasteiger partial charge in [0.2, 0.25) is 0 Å². The predicted molar refractivity (Wildman–Crippen MR) is 18.4 cm³/mol. The average Bonchev–Trinajstić information content (AvgIpc) is 1.37. The second-order valence-electron chi connectivity index (χ2n) is 0.500. The fraction of sp³-hybridized carbons (Fsp3) is 1.00. The zero-order valence-corrected chi connectivity index (χ0v) is 8.25. The van der Waals surface area contributed by atoms with Gasteiger partial charge in [-0.2, -0.15) is 13.1 Å². The predicted octanol–water partition coefficient (Wildman–Crippen LogP) is 1.08. The van der Waals surface area contributed by atoms with Crippen LogP contribution in [-0.2, 0) is 68.3 Å². The van der Waals surface area contributed by atoms with Gasteiger partial charge in [0.15, 0.2) is 0 Å². The van der Waals surface area contributed by atoms with Crippen molar-refractivity contribution in [3.63, 3.8) is 0 Å². The first-order valence-electron chi connectivity index (χ1n) is 1.21. The molecule has 6 heteroatoms. The summed E-state index contributed by atoms with van der Waals surface area (Å²) in [5.41, 5.74) is 12.5. The molecule has 0 aliphatic rings. The molecular weight excluding hydrogens is 275 g/mol. The molecule has 0 aromatic rings. The van der Waals surface area contributed by atoms with Crippen LogP contribution >= 0.6 is 0 Å². The Balaban J connectivity index is -0.00000000750. The van der Waals surface area contributed by atoms with Gasteiger partial charge in [-0.1, -0.05) is 0 Å². The van der Waals surface area contributed by atoms with Gasteiger partial charge < -0.3 is 11.5 Å². The molecule has 0 aliphatic heterocycles. The molecule has 0 saturated heterocycles. The van der Waals surface area contributed by atoms with Gasteiger partial charge in [-0.05, 0) is 0 Å². The first-order valence-corrected chi connectivity index (χ1v) is 1.21. The van der Waals surface area contributed by atoms with E-state index in [0.717, 1.165) is 0 Å². The molecule has 8 heavy (non-hydrogen) atoms. The smallest absolute Gasteiger partial charge is 0 e. The van der Waals surface area contributed by atoms with Crippen molar-refractivity contribution in [3.8, 4) is 0 Å². The van der Waals surface area contributed by atoms with E-state index in [1.165, 1.54) is 0 Å². The molecule has 2 nitrogen and oxygen atoms in total. The summed E-state index contributed by atoms with van der Waals surface area (Å²) in [5.74, 6) is 0. The summed E-state index contributed by atoms with van der Waals surface area (Å²) in [6.07, 6.45) is 0. The zero-order chi connectivity index (χ0) is 3.41. The van der Waals surface area contributed by atoms with Crippen LogP contribution in [0.2, 0.25) is 0 Å². The minimum Gasteiger partial charge on any atom is -0.679 e.